The van der Waals surface area contributed by atoms with Gasteiger partial charge in [0.1, 0.15) is 6.04 Å². The van der Waals surface area contributed by atoms with Crippen LogP contribution in [-0.2, 0) is 16.0 Å². The normalized spacial score (nSPS) is 12.7. The SMILES string of the molecule is CN(C(=O)C(N)Cc1ccccc1)C(CCCN)C(=O)NCC(c1ccccc1)c1ccccc1. The zero-order valence-electron chi connectivity index (χ0n) is 20.3. The fourth-order valence-electron chi connectivity index (χ4n) is 4.30. The van der Waals surface area contributed by atoms with Gasteiger partial charge >= 0.3 is 0 Å². The summed E-state index contributed by atoms with van der Waals surface area (Å²) in [7, 11) is 1.65. The Hall–Kier alpha value is -3.48. The Balaban J connectivity index is 1.71. The van der Waals surface area contributed by atoms with Crippen LogP contribution in [0.2, 0.25) is 0 Å². The summed E-state index contributed by atoms with van der Waals surface area (Å²) in [6, 6.07) is 28.5. The number of nitrogens with zero attached hydrogens (tertiary/aromatic N) is 1. The van der Waals surface area contributed by atoms with Crippen molar-refractivity contribution >= 4 is 11.8 Å². The van der Waals surface area contributed by atoms with Crippen LogP contribution < -0.4 is 16.8 Å². The largest absolute Gasteiger partial charge is 0.353 e. The highest BCUT2D eigenvalue weighted by atomic mass is 16.2. The molecule has 0 fully saturated rings. The van der Waals surface area contributed by atoms with Crippen LogP contribution in [0.1, 0.15) is 35.4 Å². The highest BCUT2D eigenvalue weighted by Crippen LogP contribution is 2.24. The maximum absolute atomic E-state index is 13.4. The van der Waals surface area contributed by atoms with Crippen molar-refractivity contribution < 1.29 is 9.59 Å². The smallest absolute Gasteiger partial charge is 0.242 e. The lowest BCUT2D eigenvalue weighted by Gasteiger charge is -2.30. The molecule has 0 aromatic heterocycles. The Labute approximate surface area is 208 Å². The second kappa shape index (κ2) is 13.4. The highest BCUT2D eigenvalue weighted by molar-refractivity contribution is 5.89. The van der Waals surface area contributed by atoms with E-state index in [-0.39, 0.29) is 17.7 Å². The van der Waals surface area contributed by atoms with Crippen LogP contribution in [0.25, 0.3) is 0 Å². The summed E-state index contributed by atoms with van der Waals surface area (Å²) in [5.41, 5.74) is 15.2. The number of likely N-dealkylation sites (N-methyl/N-ethyl adjacent to an activating group) is 1. The van der Waals surface area contributed by atoms with Crippen LogP contribution in [0.4, 0.5) is 0 Å². The van der Waals surface area contributed by atoms with E-state index in [9.17, 15) is 9.59 Å². The van der Waals surface area contributed by atoms with E-state index >= 15 is 0 Å². The summed E-state index contributed by atoms with van der Waals surface area (Å²) in [6.45, 7) is 0.864. The van der Waals surface area contributed by atoms with Gasteiger partial charge in [0.25, 0.3) is 0 Å². The van der Waals surface area contributed by atoms with Crippen molar-refractivity contribution in [2.75, 3.05) is 20.1 Å². The minimum absolute atomic E-state index is 0.00199. The van der Waals surface area contributed by atoms with Crippen molar-refractivity contribution in [1.82, 2.24) is 10.2 Å². The number of carbonyl (C=O) groups is 2. The van der Waals surface area contributed by atoms with Gasteiger partial charge in [-0.2, -0.15) is 0 Å². The predicted molar refractivity (Wildman–Crippen MR) is 141 cm³/mol. The highest BCUT2D eigenvalue weighted by Gasteiger charge is 2.30. The van der Waals surface area contributed by atoms with E-state index in [2.05, 4.69) is 29.6 Å². The van der Waals surface area contributed by atoms with Crippen LogP contribution in [0.5, 0.6) is 0 Å². The Bertz CT molecular complexity index is 1000. The van der Waals surface area contributed by atoms with Crippen molar-refractivity contribution in [2.45, 2.75) is 37.3 Å². The van der Waals surface area contributed by atoms with Crippen LogP contribution >= 0.6 is 0 Å². The maximum atomic E-state index is 13.4. The van der Waals surface area contributed by atoms with Crippen LogP contribution in [0, 0.1) is 0 Å². The third-order valence-corrected chi connectivity index (χ3v) is 6.30. The minimum Gasteiger partial charge on any atom is -0.353 e. The lowest BCUT2D eigenvalue weighted by Crippen LogP contribution is -2.53. The number of hydrogen-bond donors (Lipinski definition) is 3. The summed E-state index contributed by atoms with van der Waals surface area (Å²) < 4.78 is 0. The Morgan fingerprint density at radius 2 is 1.37 bits per heavy atom. The molecule has 0 heterocycles. The topological polar surface area (TPSA) is 101 Å². The number of nitrogens with two attached hydrogens (primary N) is 2. The van der Waals surface area contributed by atoms with E-state index in [4.69, 9.17) is 11.5 Å². The molecule has 0 spiro atoms. The first kappa shape index (κ1) is 26.1. The average Bonchev–Trinajstić information content (AvgIpc) is 2.90. The van der Waals surface area contributed by atoms with Gasteiger partial charge in [0.05, 0.1) is 6.04 Å². The second-order valence-corrected chi connectivity index (χ2v) is 8.81. The molecular formula is C29H36N4O2. The van der Waals surface area contributed by atoms with Gasteiger partial charge in [0.15, 0.2) is 0 Å². The summed E-state index contributed by atoms with van der Waals surface area (Å²) in [5, 5.41) is 3.10. The van der Waals surface area contributed by atoms with Gasteiger partial charge in [0, 0.05) is 19.5 Å². The van der Waals surface area contributed by atoms with Gasteiger partial charge in [-0.15, -0.1) is 0 Å². The number of nitrogens with one attached hydrogen (secondary N) is 1. The van der Waals surface area contributed by atoms with Crippen molar-refractivity contribution in [3.63, 3.8) is 0 Å². The first-order valence-electron chi connectivity index (χ1n) is 12.1. The average molecular weight is 473 g/mol. The molecule has 2 unspecified atom stereocenters. The monoisotopic (exact) mass is 472 g/mol. The number of hydrogen-bond acceptors (Lipinski definition) is 4. The van der Waals surface area contributed by atoms with Gasteiger partial charge < -0.3 is 21.7 Å². The molecule has 3 rings (SSSR count). The first-order chi connectivity index (χ1) is 17.0. The molecule has 5 N–H and O–H groups in total. The molecular weight excluding hydrogens is 436 g/mol. The van der Waals surface area contributed by atoms with E-state index < -0.39 is 12.1 Å². The molecule has 0 aliphatic heterocycles. The Kier molecular flexibility index (Phi) is 10.0. The molecule has 6 heteroatoms. The minimum atomic E-state index is -0.725. The fraction of sp³-hybridized carbons (Fsp3) is 0.310. The molecule has 0 aliphatic rings. The van der Waals surface area contributed by atoms with E-state index in [0.717, 1.165) is 16.7 Å². The Morgan fingerprint density at radius 1 is 0.857 bits per heavy atom. The fourth-order valence-corrected chi connectivity index (χ4v) is 4.30. The van der Waals surface area contributed by atoms with Gasteiger partial charge in [-0.1, -0.05) is 91.0 Å². The molecule has 0 bridgehead atoms. The third kappa shape index (κ3) is 7.50. The summed E-state index contributed by atoms with van der Waals surface area (Å²) in [5.74, 6) is -0.454. The van der Waals surface area contributed by atoms with Gasteiger partial charge in [0.2, 0.25) is 11.8 Å². The molecule has 35 heavy (non-hydrogen) atoms. The maximum Gasteiger partial charge on any atom is 0.242 e. The molecule has 0 radical (unpaired) electrons. The summed E-state index contributed by atoms with van der Waals surface area (Å²) in [6.07, 6.45) is 1.52. The van der Waals surface area contributed by atoms with E-state index in [1.165, 1.54) is 4.90 Å². The van der Waals surface area contributed by atoms with Crippen LogP contribution in [0.3, 0.4) is 0 Å². The number of amides is 2. The third-order valence-electron chi connectivity index (χ3n) is 6.30. The molecule has 2 atom stereocenters. The molecule has 0 saturated carbocycles. The molecule has 3 aromatic rings. The number of rotatable bonds is 12. The van der Waals surface area contributed by atoms with Crippen LogP contribution in [0.15, 0.2) is 91.0 Å². The summed E-state index contributed by atoms with van der Waals surface area (Å²) >= 11 is 0. The van der Waals surface area contributed by atoms with Crippen molar-refractivity contribution in [2.24, 2.45) is 11.5 Å². The molecule has 2 amide bonds. The molecule has 184 valence electrons. The van der Waals surface area contributed by atoms with Crippen molar-refractivity contribution in [1.29, 1.82) is 0 Å². The van der Waals surface area contributed by atoms with E-state index in [1.807, 2.05) is 66.7 Å². The summed E-state index contributed by atoms with van der Waals surface area (Å²) in [4.78, 5) is 28.0. The zero-order valence-corrected chi connectivity index (χ0v) is 20.3. The quantitative estimate of drug-likeness (QED) is 0.377. The van der Waals surface area contributed by atoms with Crippen molar-refractivity contribution in [3.05, 3.63) is 108 Å². The standard InChI is InChI=1S/C29H36N4O2/c1-33(29(35)26(31)20-22-12-5-2-6-13-22)27(18-11-19-30)28(34)32-21-25(23-14-7-3-8-15-23)24-16-9-4-10-17-24/h2-10,12-17,25-27H,11,18-21,30-31H2,1H3,(H,32,34). The van der Waals surface area contributed by atoms with Gasteiger partial charge in [-0.25, -0.2) is 0 Å². The first-order valence-corrected chi connectivity index (χ1v) is 12.1. The number of carbonyl (C=O) groups excluding carboxylic acids is 2. The van der Waals surface area contributed by atoms with E-state index in [1.54, 1.807) is 7.05 Å². The second-order valence-electron chi connectivity index (χ2n) is 8.81. The van der Waals surface area contributed by atoms with Gasteiger partial charge in [-0.3, -0.25) is 9.59 Å². The molecule has 0 aliphatic carbocycles. The predicted octanol–water partition coefficient (Wildman–Crippen LogP) is 3.07. The molecule has 3 aromatic carbocycles. The lowest BCUT2D eigenvalue weighted by atomic mass is 9.91. The Morgan fingerprint density at radius 3 is 1.89 bits per heavy atom. The van der Waals surface area contributed by atoms with Gasteiger partial charge in [-0.05, 0) is 42.5 Å². The van der Waals surface area contributed by atoms with Crippen molar-refractivity contribution in [3.8, 4) is 0 Å². The molecule has 6 nitrogen and oxygen atoms in total. The number of benzene rings is 3. The van der Waals surface area contributed by atoms with Crippen LogP contribution in [-0.4, -0.2) is 48.9 Å². The van der Waals surface area contributed by atoms with E-state index in [0.29, 0.717) is 32.4 Å². The molecule has 0 saturated heterocycles. The lowest BCUT2D eigenvalue weighted by molar-refractivity contribution is -0.140. The zero-order chi connectivity index (χ0) is 25.0.